The summed E-state index contributed by atoms with van der Waals surface area (Å²) in [5, 5.41) is 12.0. The van der Waals surface area contributed by atoms with Gasteiger partial charge in [0.25, 0.3) is 0 Å². The fraction of sp³-hybridized carbons (Fsp3) is 1.00. The summed E-state index contributed by atoms with van der Waals surface area (Å²) < 4.78 is 0. The number of nitrogens with one attached hydrogen (secondary N) is 1. The van der Waals surface area contributed by atoms with Gasteiger partial charge in [-0.15, -0.1) is 0 Å². The predicted molar refractivity (Wildman–Crippen MR) is 62.3 cm³/mol. The zero-order chi connectivity index (χ0) is 10.6. The van der Waals surface area contributed by atoms with E-state index >= 15 is 0 Å². The van der Waals surface area contributed by atoms with E-state index < -0.39 is 0 Å². The Morgan fingerprint density at radius 2 is 1.43 bits per heavy atom. The Bertz CT molecular complexity index is 104. The molecule has 0 heterocycles. The Balaban J connectivity index is 2.85. The molecule has 0 saturated heterocycles. The second kappa shape index (κ2) is 11.0. The molecule has 2 heteroatoms. The van der Waals surface area contributed by atoms with Gasteiger partial charge in [0.1, 0.15) is 6.23 Å². The van der Waals surface area contributed by atoms with Crippen molar-refractivity contribution in [3.05, 3.63) is 0 Å². The SMILES string of the molecule is CCCCCCCCCCNC(C)O. The fourth-order valence-electron chi connectivity index (χ4n) is 1.57. The van der Waals surface area contributed by atoms with Crippen LogP contribution in [0.25, 0.3) is 0 Å². The standard InChI is InChI=1S/C12H27NO/c1-3-4-5-6-7-8-9-10-11-13-12(2)14/h12-14H,3-11H2,1-2H3. The summed E-state index contributed by atoms with van der Waals surface area (Å²) in [6, 6.07) is 0. The van der Waals surface area contributed by atoms with Crippen molar-refractivity contribution in [2.24, 2.45) is 0 Å². The maximum atomic E-state index is 8.94. The molecule has 0 aliphatic heterocycles. The first-order valence-electron chi connectivity index (χ1n) is 6.18. The van der Waals surface area contributed by atoms with E-state index in [4.69, 9.17) is 5.11 Å². The molecule has 1 unspecified atom stereocenters. The minimum Gasteiger partial charge on any atom is -0.379 e. The molecule has 2 nitrogen and oxygen atoms in total. The number of aliphatic hydroxyl groups excluding tert-OH is 1. The van der Waals surface area contributed by atoms with Gasteiger partial charge in [0, 0.05) is 0 Å². The third kappa shape index (κ3) is 11.9. The van der Waals surface area contributed by atoms with Crippen molar-refractivity contribution < 1.29 is 5.11 Å². The highest BCUT2D eigenvalue weighted by Gasteiger charge is 1.93. The summed E-state index contributed by atoms with van der Waals surface area (Å²) >= 11 is 0. The predicted octanol–water partition coefficient (Wildman–Crippen LogP) is 3.06. The lowest BCUT2D eigenvalue weighted by atomic mass is 10.1. The van der Waals surface area contributed by atoms with Gasteiger partial charge in [0.05, 0.1) is 0 Å². The van der Waals surface area contributed by atoms with Crippen molar-refractivity contribution in [1.29, 1.82) is 0 Å². The minimum atomic E-state index is -0.348. The Kier molecular flexibility index (Phi) is 10.9. The molecule has 0 aliphatic rings. The van der Waals surface area contributed by atoms with E-state index in [9.17, 15) is 0 Å². The molecular weight excluding hydrogens is 174 g/mol. The zero-order valence-electron chi connectivity index (χ0n) is 9.89. The van der Waals surface area contributed by atoms with Gasteiger partial charge >= 0.3 is 0 Å². The van der Waals surface area contributed by atoms with Crippen LogP contribution in [0.3, 0.4) is 0 Å². The molecule has 0 saturated carbocycles. The van der Waals surface area contributed by atoms with Crippen molar-refractivity contribution in [3.8, 4) is 0 Å². The van der Waals surface area contributed by atoms with Gasteiger partial charge in [-0.3, -0.25) is 5.32 Å². The molecule has 1 atom stereocenters. The topological polar surface area (TPSA) is 32.3 Å². The molecule has 86 valence electrons. The highest BCUT2D eigenvalue weighted by atomic mass is 16.3. The third-order valence-electron chi connectivity index (χ3n) is 2.47. The Hall–Kier alpha value is -0.0800. The zero-order valence-corrected chi connectivity index (χ0v) is 9.89. The molecule has 0 spiro atoms. The number of hydrogen-bond donors (Lipinski definition) is 2. The average Bonchev–Trinajstić information content (AvgIpc) is 2.15. The number of rotatable bonds is 10. The lowest BCUT2D eigenvalue weighted by Crippen LogP contribution is -2.26. The summed E-state index contributed by atoms with van der Waals surface area (Å²) in [5.41, 5.74) is 0. The van der Waals surface area contributed by atoms with Gasteiger partial charge in [-0.25, -0.2) is 0 Å². The van der Waals surface area contributed by atoms with Crippen LogP contribution in [0.5, 0.6) is 0 Å². The Morgan fingerprint density at radius 1 is 0.929 bits per heavy atom. The van der Waals surface area contributed by atoms with Gasteiger partial charge < -0.3 is 5.11 Å². The highest BCUT2D eigenvalue weighted by molar-refractivity contribution is 4.49. The summed E-state index contributed by atoms with van der Waals surface area (Å²) in [7, 11) is 0. The van der Waals surface area contributed by atoms with Crippen molar-refractivity contribution in [2.75, 3.05) is 6.54 Å². The second-order valence-electron chi connectivity index (χ2n) is 4.10. The maximum Gasteiger partial charge on any atom is 0.102 e. The number of hydrogen-bond acceptors (Lipinski definition) is 2. The van der Waals surface area contributed by atoms with Gasteiger partial charge in [-0.2, -0.15) is 0 Å². The fourth-order valence-corrected chi connectivity index (χ4v) is 1.57. The smallest absolute Gasteiger partial charge is 0.102 e. The van der Waals surface area contributed by atoms with E-state index in [0.29, 0.717) is 0 Å². The highest BCUT2D eigenvalue weighted by Crippen LogP contribution is 2.07. The van der Waals surface area contributed by atoms with Crippen LogP contribution >= 0.6 is 0 Å². The van der Waals surface area contributed by atoms with Crippen LogP contribution in [0.1, 0.15) is 65.2 Å². The molecule has 0 aromatic rings. The Morgan fingerprint density at radius 3 is 1.93 bits per heavy atom. The lowest BCUT2D eigenvalue weighted by molar-refractivity contribution is 0.156. The molecule has 14 heavy (non-hydrogen) atoms. The summed E-state index contributed by atoms with van der Waals surface area (Å²) in [6.45, 7) is 4.97. The van der Waals surface area contributed by atoms with E-state index in [0.717, 1.165) is 6.54 Å². The van der Waals surface area contributed by atoms with E-state index in [-0.39, 0.29) is 6.23 Å². The summed E-state index contributed by atoms with van der Waals surface area (Å²) in [6.07, 6.45) is 10.4. The molecular formula is C12H27NO. The van der Waals surface area contributed by atoms with Crippen LogP contribution in [-0.4, -0.2) is 17.9 Å². The molecule has 0 fully saturated rings. The van der Waals surface area contributed by atoms with E-state index in [1.54, 1.807) is 6.92 Å². The number of aliphatic hydroxyl groups is 1. The molecule has 0 amide bonds. The molecule has 0 rings (SSSR count). The largest absolute Gasteiger partial charge is 0.379 e. The van der Waals surface area contributed by atoms with Gasteiger partial charge in [-0.1, -0.05) is 51.9 Å². The van der Waals surface area contributed by atoms with Gasteiger partial charge in [0.2, 0.25) is 0 Å². The molecule has 0 radical (unpaired) electrons. The number of unbranched alkanes of at least 4 members (excludes halogenated alkanes) is 7. The lowest BCUT2D eigenvalue weighted by Gasteiger charge is -2.06. The summed E-state index contributed by atoms with van der Waals surface area (Å²) in [5.74, 6) is 0. The molecule has 2 N–H and O–H groups in total. The second-order valence-corrected chi connectivity index (χ2v) is 4.10. The van der Waals surface area contributed by atoms with Crippen molar-refractivity contribution >= 4 is 0 Å². The quantitative estimate of drug-likeness (QED) is 0.420. The molecule has 0 aromatic carbocycles. The average molecular weight is 201 g/mol. The van der Waals surface area contributed by atoms with Crippen molar-refractivity contribution in [1.82, 2.24) is 5.32 Å². The van der Waals surface area contributed by atoms with Crippen LogP contribution in [0.15, 0.2) is 0 Å². The normalized spacial score (nSPS) is 13.1. The van der Waals surface area contributed by atoms with Crippen LogP contribution in [0, 0.1) is 0 Å². The van der Waals surface area contributed by atoms with Crippen LogP contribution < -0.4 is 5.32 Å². The maximum absolute atomic E-state index is 8.94. The van der Waals surface area contributed by atoms with E-state index in [1.165, 1.54) is 51.4 Å². The molecule has 0 aromatic heterocycles. The van der Waals surface area contributed by atoms with Gasteiger partial charge in [-0.05, 0) is 19.9 Å². The third-order valence-corrected chi connectivity index (χ3v) is 2.47. The van der Waals surface area contributed by atoms with Crippen LogP contribution in [-0.2, 0) is 0 Å². The molecule has 0 aliphatic carbocycles. The van der Waals surface area contributed by atoms with Crippen LogP contribution in [0.2, 0.25) is 0 Å². The van der Waals surface area contributed by atoms with Crippen molar-refractivity contribution in [2.45, 2.75) is 71.4 Å². The molecule has 0 bridgehead atoms. The van der Waals surface area contributed by atoms with E-state index in [2.05, 4.69) is 12.2 Å². The van der Waals surface area contributed by atoms with E-state index in [1.807, 2.05) is 0 Å². The monoisotopic (exact) mass is 201 g/mol. The van der Waals surface area contributed by atoms with Gasteiger partial charge in [0.15, 0.2) is 0 Å². The minimum absolute atomic E-state index is 0.348. The summed E-state index contributed by atoms with van der Waals surface area (Å²) in [4.78, 5) is 0. The van der Waals surface area contributed by atoms with Crippen molar-refractivity contribution in [3.63, 3.8) is 0 Å². The van der Waals surface area contributed by atoms with Crippen LogP contribution in [0.4, 0.5) is 0 Å². The first-order chi connectivity index (χ1) is 6.77. The first kappa shape index (κ1) is 13.9. The Labute approximate surface area is 89.1 Å². The first-order valence-corrected chi connectivity index (χ1v) is 6.18.